The van der Waals surface area contributed by atoms with Crippen molar-refractivity contribution in [3.63, 3.8) is 0 Å². The van der Waals surface area contributed by atoms with E-state index in [1.807, 2.05) is 0 Å². The maximum absolute atomic E-state index is 4.02. The highest BCUT2D eigenvalue weighted by molar-refractivity contribution is 6.89. The summed E-state index contributed by atoms with van der Waals surface area (Å²) in [5.74, 6) is 0. The Morgan fingerprint density at radius 3 is 1.30 bits per heavy atom. The lowest BCUT2D eigenvalue weighted by Gasteiger charge is -2.48. The Hall–Kier alpha value is 0.274. The third-order valence-corrected chi connectivity index (χ3v) is 12.8. The third-order valence-electron chi connectivity index (χ3n) is 5.79. The summed E-state index contributed by atoms with van der Waals surface area (Å²) < 4.78 is 2.70. The molecule has 6 heteroatoms. The summed E-state index contributed by atoms with van der Waals surface area (Å²) in [7, 11) is -2.87. The SMILES string of the molecule is CCN1C(NN([Si](C)(C)C)[Si](C)(C)C)N(CC)C(C)(C)C1(C)C. The highest BCUT2D eigenvalue weighted by Crippen LogP contribution is 2.42. The quantitative estimate of drug-likeness (QED) is 0.573. The van der Waals surface area contributed by atoms with Gasteiger partial charge in [-0.25, -0.2) is 5.43 Å². The van der Waals surface area contributed by atoms with Crippen molar-refractivity contribution in [3.05, 3.63) is 0 Å². The molecular weight excluding hydrogens is 316 g/mol. The first-order valence-corrected chi connectivity index (χ1v) is 16.1. The lowest BCUT2D eigenvalue weighted by atomic mass is 9.82. The molecule has 138 valence electrons. The van der Waals surface area contributed by atoms with E-state index < -0.39 is 16.5 Å². The predicted octanol–water partition coefficient (Wildman–Crippen LogP) is 3.96. The van der Waals surface area contributed by atoms with Gasteiger partial charge in [0.1, 0.15) is 22.8 Å². The van der Waals surface area contributed by atoms with Gasteiger partial charge in [-0.05, 0) is 40.8 Å². The minimum absolute atomic E-state index is 0.139. The lowest BCUT2D eigenvalue weighted by Crippen LogP contribution is -2.70. The van der Waals surface area contributed by atoms with Crippen LogP contribution in [0.3, 0.4) is 0 Å². The Bertz CT molecular complexity index is 374. The molecule has 0 amide bonds. The molecule has 1 aliphatic rings. The molecule has 1 heterocycles. The van der Waals surface area contributed by atoms with Crippen molar-refractivity contribution in [2.75, 3.05) is 13.1 Å². The number of nitrogens with one attached hydrogen (secondary N) is 1. The van der Waals surface area contributed by atoms with Crippen molar-refractivity contribution in [1.82, 2.24) is 19.6 Å². The van der Waals surface area contributed by atoms with Crippen LogP contribution in [-0.2, 0) is 0 Å². The molecule has 0 spiro atoms. The lowest BCUT2D eigenvalue weighted by molar-refractivity contribution is 0.0439. The van der Waals surface area contributed by atoms with Gasteiger partial charge in [0.25, 0.3) is 0 Å². The van der Waals surface area contributed by atoms with Gasteiger partial charge in [-0.15, -0.1) is 0 Å². The van der Waals surface area contributed by atoms with Gasteiger partial charge in [0.15, 0.2) is 0 Å². The second-order valence-electron chi connectivity index (χ2n) is 9.87. The highest BCUT2D eigenvalue weighted by atomic mass is 28.4. The summed E-state index contributed by atoms with van der Waals surface area (Å²) in [5, 5.41) is 0. The summed E-state index contributed by atoms with van der Waals surface area (Å²) in [6.45, 7) is 31.0. The Labute approximate surface area is 147 Å². The van der Waals surface area contributed by atoms with Gasteiger partial charge in [-0.2, -0.15) is 0 Å². The molecule has 1 fully saturated rings. The van der Waals surface area contributed by atoms with Crippen LogP contribution in [0, 0.1) is 0 Å². The fraction of sp³-hybridized carbons (Fsp3) is 1.00. The maximum Gasteiger partial charge on any atom is 0.129 e. The van der Waals surface area contributed by atoms with E-state index in [2.05, 4.69) is 100 Å². The van der Waals surface area contributed by atoms with Crippen LogP contribution in [0.5, 0.6) is 0 Å². The average molecular weight is 359 g/mol. The molecule has 23 heavy (non-hydrogen) atoms. The zero-order valence-electron chi connectivity index (χ0n) is 17.8. The van der Waals surface area contributed by atoms with Crippen LogP contribution < -0.4 is 5.43 Å². The summed E-state index contributed by atoms with van der Waals surface area (Å²) in [6, 6.07) is 0. The minimum atomic E-state index is -1.44. The summed E-state index contributed by atoms with van der Waals surface area (Å²) in [4.78, 5) is 5.29. The van der Waals surface area contributed by atoms with Crippen LogP contribution in [0.1, 0.15) is 41.5 Å². The molecule has 4 nitrogen and oxygen atoms in total. The van der Waals surface area contributed by atoms with Crippen LogP contribution >= 0.6 is 0 Å². The van der Waals surface area contributed by atoms with Gasteiger partial charge >= 0.3 is 0 Å². The van der Waals surface area contributed by atoms with E-state index in [1.165, 1.54) is 0 Å². The summed E-state index contributed by atoms with van der Waals surface area (Å²) in [6.07, 6.45) is 0.286. The van der Waals surface area contributed by atoms with E-state index in [0.29, 0.717) is 0 Å². The standard InChI is InChI=1S/C17H42N4Si2/c1-13-19-15(18-21(22(7,8)9)23(10,11)12)20(14-2)17(5,6)16(19,3)4/h15,18H,13-14H2,1-12H3. The van der Waals surface area contributed by atoms with E-state index >= 15 is 0 Å². The smallest absolute Gasteiger partial charge is 0.129 e. The summed E-state index contributed by atoms with van der Waals surface area (Å²) >= 11 is 0. The molecular formula is C17H42N4Si2. The zero-order valence-corrected chi connectivity index (χ0v) is 19.8. The van der Waals surface area contributed by atoms with E-state index in [1.54, 1.807) is 0 Å². The molecule has 0 aromatic carbocycles. The van der Waals surface area contributed by atoms with Crippen LogP contribution in [-0.4, -0.2) is 61.1 Å². The monoisotopic (exact) mass is 358 g/mol. The van der Waals surface area contributed by atoms with Crippen LogP contribution in [0.25, 0.3) is 0 Å². The van der Waals surface area contributed by atoms with Crippen molar-refractivity contribution < 1.29 is 0 Å². The first-order chi connectivity index (χ1) is 10.1. The van der Waals surface area contributed by atoms with E-state index in [-0.39, 0.29) is 17.4 Å². The van der Waals surface area contributed by atoms with Gasteiger partial charge in [-0.3, -0.25) is 14.1 Å². The number of nitrogens with zero attached hydrogens (tertiary/aromatic N) is 3. The molecule has 0 bridgehead atoms. The van der Waals surface area contributed by atoms with Crippen molar-refractivity contribution in [2.24, 2.45) is 0 Å². The second kappa shape index (κ2) is 6.54. The Balaban J connectivity index is 3.27. The molecule has 1 rings (SSSR count). The average Bonchev–Trinajstić information content (AvgIpc) is 2.46. The molecule has 1 N–H and O–H groups in total. The Morgan fingerprint density at radius 1 is 0.783 bits per heavy atom. The van der Waals surface area contributed by atoms with E-state index in [4.69, 9.17) is 0 Å². The second-order valence-corrected chi connectivity index (χ2v) is 19.9. The van der Waals surface area contributed by atoms with Crippen LogP contribution in [0.2, 0.25) is 39.3 Å². The minimum Gasteiger partial charge on any atom is -0.284 e. The van der Waals surface area contributed by atoms with Gasteiger partial charge in [-0.1, -0.05) is 53.1 Å². The molecule has 0 saturated carbocycles. The highest BCUT2D eigenvalue weighted by Gasteiger charge is 2.57. The van der Waals surface area contributed by atoms with Gasteiger partial charge in [0.05, 0.1) is 0 Å². The molecule has 0 radical (unpaired) electrons. The molecule has 1 saturated heterocycles. The van der Waals surface area contributed by atoms with E-state index in [0.717, 1.165) is 13.1 Å². The fourth-order valence-corrected chi connectivity index (χ4v) is 13.3. The number of likely N-dealkylation sites (N-methyl/N-ethyl adjacent to an activating group) is 2. The molecule has 1 aliphatic heterocycles. The predicted molar refractivity (Wildman–Crippen MR) is 108 cm³/mol. The molecule has 0 aromatic rings. The van der Waals surface area contributed by atoms with Gasteiger partial charge < -0.3 is 0 Å². The number of hydrazine groups is 1. The van der Waals surface area contributed by atoms with Crippen molar-refractivity contribution >= 4 is 16.5 Å². The van der Waals surface area contributed by atoms with Crippen LogP contribution in [0.15, 0.2) is 0 Å². The van der Waals surface area contributed by atoms with Gasteiger partial charge in [0, 0.05) is 11.1 Å². The van der Waals surface area contributed by atoms with Crippen molar-refractivity contribution in [3.8, 4) is 0 Å². The van der Waals surface area contributed by atoms with Crippen molar-refractivity contribution in [1.29, 1.82) is 0 Å². The fourth-order valence-electron chi connectivity index (χ4n) is 4.27. The van der Waals surface area contributed by atoms with Crippen molar-refractivity contribution in [2.45, 2.75) is 98.2 Å². The number of hydrogen-bond acceptors (Lipinski definition) is 4. The van der Waals surface area contributed by atoms with Gasteiger partial charge in [0.2, 0.25) is 0 Å². The molecule has 0 atom stereocenters. The third kappa shape index (κ3) is 3.77. The molecule has 0 unspecified atom stereocenters. The Morgan fingerprint density at radius 2 is 1.09 bits per heavy atom. The molecule has 0 aliphatic carbocycles. The first kappa shape index (κ1) is 21.3. The van der Waals surface area contributed by atoms with E-state index in [9.17, 15) is 0 Å². The normalized spacial score (nSPS) is 23.9. The molecule has 0 aromatic heterocycles. The Kier molecular flexibility index (Phi) is 6.06. The first-order valence-electron chi connectivity index (χ1n) is 9.22. The zero-order chi connectivity index (χ0) is 18.4. The number of rotatable bonds is 6. The number of hydrogen-bond donors (Lipinski definition) is 1. The maximum atomic E-state index is 4.02. The summed E-state index contributed by atoms with van der Waals surface area (Å²) in [5.41, 5.74) is 4.30. The van der Waals surface area contributed by atoms with Crippen LogP contribution in [0.4, 0.5) is 0 Å². The topological polar surface area (TPSA) is 21.8 Å². The largest absolute Gasteiger partial charge is 0.284 e.